The lowest BCUT2D eigenvalue weighted by molar-refractivity contribution is -0.114. The van der Waals surface area contributed by atoms with Gasteiger partial charge in [0.05, 0.1) is 11.6 Å². The molecule has 0 fully saturated rings. The molecule has 1 unspecified atom stereocenters. The topological polar surface area (TPSA) is 67.4 Å². The fraction of sp³-hybridized carbons (Fsp3) is 0.222. The van der Waals surface area contributed by atoms with Gasteiger partial charge in [-0.15, -0.1) is 0 Å². The van der Waals surface area contributed by atoms with E-state index < -0.39 is 24.4 Å². The predicted octanol–water partition coefficient (Wildman–Crippen LogP) is 3.88. The van der Waals surface area contributed by atoms with Gasteiger partial charge in [0.25, 0.3) is 5.91 Å². The summed E-state index contributed by atoms with van der Waals surface area (Å²) in [5.74, 6) is -1.75. The van der Waals surface area contributed by atoms with E-state index in [1.807, 2.05) is 0 Å². The van der Waals surface area contributed by atoms with Crippen LogP contribution in [0.3, 0.4) is 0 Å². The van der Waals surface area contributed by atoms with Crippen LogP contribution in [0.4, 0.5) is 18.9 Å². The first-order valence-electron chi connectivity index (χ1n) is 7.69. The van der Waals surface area contributed by atoms with Crippen molar-refractivity contribution in [2.75, 3.05) is 5.32 Å². The van der Waals surface area contributed by atoms with Crippen LogP contribution in [0.1, 0.15) is 35.8 Å². The van der Waals surface area contributed by atoms with Gasteiger partial charge >= 0.3 is 6.61 Å². The lowest BCUT2D eigenvalue weighted by atomic mass is 10.1. The van der Waals surface area contributed by atoms with E-state index >= 15 is 0 Å². The summed E-state index contributed by atoms with van der Waals surface area (Å²) in [4.78, 5) is 23.4. The van der Waals surface area contributed by atoms with E-state index in [0.29, 0.717) is 11.3 Å². The monoisotopic (exact) mass is 366 g/mol. The quantitative estimate of drug-likeness (QED) is 0.815. The van der Waals surface area contributed by atoms with Crippen molar-refractivity contribution in [2.45, 2.75) is 26.5 Å². The fourth-order valence-electron chi connectivity index (χ4n) is 2.28. The van der Waals surface area contributed by atoms with Crippen LogP contribution in [0.25, 0.3) is 0 Å². The number of carbonyl (C=O) groups is 2. The van der Waals surface area contributed by atoms with Crippen molar-refractivity contribution in [1.82, 2.24) is 5.32 Å². The summed E-state index contributed by atoms with van der Waals surface area (Å²) < 4.78 is 42.5. The third kappa shape index (κ3) is 5.23. The second kappa shape index (κ2) is 8.37. The minimum absolute atomic E-state index is 0.00340. The van der Waals surface area contributed by atoms with E-state index in [9.17, 15) is 22.8 Å². The van der Waals surface area contributed by atoms with E-state index in [-0.39, 0.29) is 17.2 Å². The molecule has 0 aliphatic rings. The maximum atomic E-state index is 13.9. The molecule has 0 spiro atoms. The highest BCUT2D eigenvalue weighted by atomic mass is 19.3. The zero-order valence-corrected chi connectivity index (χ0v) is 14.1. The van der Waals surface area contributed by atoms with Gasteiger partial charge in [0.2, 0.25) is 5.91 Å². The molecule has 2 aromatic carbocycles. The van der Waals surface area contributed by atoms with Crippen molar-refractivity contribution in [1.29, 1.82) is 0 Å². The minimum atomic E-state index is -2.92. The van der Waals surface area contributed by atoms with Gasteiger partial charge in [0, 0.05) is 12.6 Å². The molecular weight excluding hydrogens is 349 g/mol. The smallest absolute Gasteiger partial charge is 0.387 e. The lowest BCUT2D eigenvalue weighted by Gasteiger charge is -2.16. The SMILES string of the molecule is CC(=O)Nc1ccc(F)c(C(=O)NC(C)c2ccc(OC(F)F)cc2)c1. The van der Waals surface area contributed by atoms with E-state index in [4.69, 9.17) is 0 Å². The largest absolute Gasteiger partial charge is 0.435 e. The molecule has 0 aliphatic carbocycles. The van der Waals surface area contributed by atoms with Gasteiger partial charge in [-0.3, -0.25) is 9.59 Å². The summed E-state index contributed by atoms with van der Waals surface area (Å²) in [5.41, 5.74) is 0.698. The van der Waals surface area contributed by atoms with Gasteiger partial charge in [0.1, 0.15) is 11.6 Å². The van der Waals surface area contributed by atoms with Crippen LogP contribution < -0.4 is 15.4 Å². The minimum Gasteiger partial charge on any atom is -0.435 e. The molecule has 1 atom stereocenters. The summed E-state index contributed by atoms with van der Waals surface area (Å²) in [5, 5.41) is 5.09. The molecule has 5 nitrogen and oxygen atoms in total. The molecular formula is C18H17F3N2O3. The van der Waals surface area contributed by atoms with Crippen LogP contribution in [0, 0.1) is 5.82 Å². The van der Waals surface area contributed by atoms with Crippen molar-refractivity contribution in [3.8, 4) is 5.75 Å². The van der Waals surface area contributed by atoms with Crippen LogP contribution in [-0.2, 0) is 4.79 Å². The molecule has 2 rings (SSSR count). The molecule has 0 radical (unpaired) electrons. The summed E-state index contributed by atoms with van der Waals surface area (Å²) in [6.45, 7) is 0.0418. The van der Waals surface area contributed by atoms with Crippen LogP contribution in [0.5, 0.6) is 5.75 Å². The number of benzene rings is 2. The number of carbonyl (C=O) groups excluding carboxylic acids is 2. The second-order valence-corrected chi connectivity index (χ2v) is 5.52. The molecule has 0 saturated carbocycles. The van der Waals surface area contributed by atoms with Gasteiger partial charge in [-0.2, -0.15) is 8.78 Å². The lowest BCUT2D eigenvalue weighted by Crippen LogP contribution is -2.27. The standard InChI is InChI=1S/C18H17F3N2O3/c1-10(12-3-6-14(7-4-12)26-18(20)21)22-17(25)15-9-13(23-11(2)24)5-8-16(15)19/h3-10,18H,1-2H3,(H,22,25)(H,23,24). The van der Waals surface area contributed by atoms with Gasteiger partial charge in [-0.1, -0.05) is 12.1 Å². The number of hydrogen-bond acceptors (Lipinski definition) is 3. The summed E-state index contributed by atoms with van der Waals surface area (Å²) in [6, 6.07) is 8.90. The summed E-state index contributed by atoms with van der Waals surface area (Å²) >= 11 is 0. The number of hydrogen-bond donors (Lipinski definition) is 2. The van der Waals surface area contributed by atoms with Crippen LogP contribution in [0.15, 0.2) is 42.5 Å². The van der Waals surface area contributed by atoms with E-state index in [0.717, 1.165) is 6.07 Å². The first-order chi connectivity index (χ1) is 12.3. The maximum Gasteiger partial charge on any atom is 0.387 e. The third-order valence-corrected chi connectivity index (χ3v) is 3.48. The molecule has 0 aromatic heterocycles. The predicted molar refractivity (Wildman–Crippen MR) is 89.7 cm³/mol. The van der Waals surface area contributed by atoms with Crippen molar-refractivity contribution in [2.24, 2.45) is 0 Å². The summed E-state index contributed by atoms with van der Waals surface area (Å²) in [6.07, 6.45) is 0. The summed E-state index contributed by atoms with van der Waals surface area (Å²) in [7, 11) is 0. The third-order valence-electron chi connectivity index (χ3n) is 3.48. The van der Waals surface area contributed by atoms with Crippen molar-refractivity contribution >= 4 is 17.5 Å². The Hall–Kier alpha value is -3.03. The van der Waals surface area contributed by atoms with E-state index in [2.05, 4.69) is 15.4 Å². The Balaban J connectivity index is 2.10. The zero-order valence-electron chi connectivity index (χ0n) is 14.1. The Bertz CT molecular complexity index is 795. The van der Waals surface area contributed by atoms with Gasteiger partial charge < -0.3 is 15.4 Å². The molecule has 8 heteroatoms. The number of nitrogens with one attached hydrogen (secondary N) is 2. The number of anilines is 1. The normalized spacial score (nSPS) is 11.8. The van der Waals surface area contributed by atoms with Crippen molar-refractivity contribution in [3.63, 3.8) is 0 Å². The first-order valence-corrected chi connectivity index (χ1v) is 7.69. The highest BCUT2D eigenvalue weighted by Gasteiger charge is 2.16. The molecule has 2 N–H and O–H groups in total. The number of halogens is 3. The molecule has 0 saturated heterocycles. The van der Waals surface area contributed by atoms with E-state index in [1.165, 1.54) is 43.3 Å². The van der Waals surface area contributed by atoms with Gasteiger partial charge in [-0.05, 0) is 42.8 Å². The average molecular weight is 366 g/mol. The number of amides is 2. The van der Waals surface area contributed by atoms with Crippen LogP contribution in [-0.4, -0.2) is 18.4 Å². The second-order valence-electron chi connectivity index (χ2n) is 5.52. The Morgan fingerprint density at radius 2 is 1.73 bits per heavy atom. The van der Waals surface area contributed by atoms with Gasteiger partial charge in [0.15, 0.2) is 0 Å². The molecule has 138 valence electrons. The Kier molecular flexibility index (Phi) is 6.21. The Morgan fingerprint density at radius 3 is 2.31 bits per heavy atom. The maximum absolute atomic E-state index is 13.9. The Morgan fingerprint density at radius 1 is 1.08 bits per heavy atom. The number of alkyl halides is 2. The average Bonchev–Trinajstić information content (AvgIpc) is 2.56. The van der Waals surface area contributed by atoms with Crippen LogP contribution >= 0.6 is 0 Å². The molecule has 0 aliphatic heterocycles. The molecule has 26 heavy (non-hydrogen) atoms. The Labute approximate surface area is 148 Å². The first kappa shape index (κ1) is 19.3. The highest BCUT2D eigenvalue weighted by Crippen LogP contribution is 2.21. The van der Waals surface area contributed by atoms with Crippen LogP contribution in [0.2, 0.25) is 0 Å². The zero-order chi connectivity index (χ0) is 19.3. The van der Waals surface area contributed by atoms with Gasteiger partial charge in [-0.25, -0.2) is 4.39 Å². The molecule has 0 bridgehead atoms. The highest BCUT2D eigenvalue weighted by molar-refractivity contribution is 5.97. The van der Waals surface area contributed by atoms with Crippen molar-refractivity contribution < 1.29 is 27.5 Å². The number of ether oxygens (including phenoxy) is 1. The molecule has 2 amide bonds. The van der Waals surface area contributed by atoms with Crippen molar-refractivity contribution in [3.05, 3.63) is 59.4 Å². The number of rotatable bonds is 6. The molecule has 2 aromatic rings. The fourth-order valence-corrected chi connectivity index (χ4v) is 2.28. The molecule has 0 heterocycles. The van der Waals surface area contributed by atoms with E-state index in [1.54, 1.807) is 6.92 Å².